The lowest BCUT2D eigenvalue weighted by Crippen LogP contribution is -2.65. The fourth-order valence-electron chi connectivity index (χ4n) is 5.19. The number of ether oxygens (including phenoxy) is 2. The molecule has 1 aliphatic heterocycles. The molecule has 41 heavy (non-hydrogen) atoms. The van der Waals surface area contributed by atoms with Gasteiger partial charge in [0.15, 0.2) is 31.2 Å². The maximum absolute atomic E-state index is 12.6. The lowest BCUT2D eigenvalue weighted by molar-refractivity contribution is -0.277. The van der Waals surface area contributed by atoms with Crippen molar-refractivity contribution in [2.45, 2.75) is 186 Å². The van der Waals surface area contributed by atoms with E-state index in [1.807, 2.05) is 0 Å². The Morgan fingerprint density at radius 3 is 1.44 bits per heavy atom. The van der Waals surface area contributed by atoms with Crippen LogP contribution >= 0.6 is 0 Å². The number of hydrogen-bond donors (Lipinski definition) is 1. The van der Waals surface area contributed by atoms with Gasteiger partial charge in [-0.15, -0.1) is 0 Å². The van der Waals surface area contributed by atoms with Crippen LogP contribution < -0.4 is 0 Å². The number of rotatable bonds is 22. The Balaban J connectivity index is 2.54. The lowest BCUT2D eigenvalue weighted by Gasteiger charge is -2.49. The summed E-state index contributed by atoms with van der Waals surface area (Å²) in [6.45, 7) is 21.3. The molecule has 5 unspecified atom stereocenters. The fourth-order valence-corrected chi connectivity index (χ4v) is 8.44. The zero-order valence-electron chi connectivity index (χ0n) is 28.4. The Morgan fingerprint density at radius 2 is 1.00 bits per heavy atom. The van der Waals surface area contributed by atoms with E-state index in [1.165, 1.54) is 70.6 Å². The maximum atomic E-state index is 12.6. The van der Waals surface area contributed by atoms with E-state index in [-0.39, 0.29) is 12.6 Å². The average molecular weight is 635 g/mol. The molecule has 1 fully saturated rings. The lowest BCUT2D eigenvalue weighted by atomic mass is 9.99. The van der Waals surface area contributed by atoms with Crippen LogP contribution in [-0.4, -0.2) is 73.3 Å². The highest BCUT2D eigenvalue weighted by molar-refractivity contribution is 6.70. The van der Waals surface area contributed by atoms with Crippen LogP contribution in [-0.2, 0) is 27.5 Å². The minimum absolute atomic E-state index is 0.0364. The molecule has 0 radical (unpaired) electrons. The molecule has 0 spiro atoms. The van der Waals surface area contributed by atoms with Crippen LogP contribution in [0.15, 0.2) is 0 Å². The third kappa shape index (κ3) is 19.0. The zero-order valence-corrected chi connectivity index (χ0v) is 31.4. The van der Waals surface area contributed by atoms with E-state index >= 15 is 0 Å². The Bertz CT molecular complexity index is 703. The van der Waals surface area contributed by atoms with E-state index in [2.05, 4.69) is 65.8 Å². The molecule has 0 aliphatic carbocycles. The van der Waals surface area contributed by atoms with E-state index in [1.54, 1.807) is 0 Å². The molecule has 10 heteroatoms. The molecule has 0 aromatic heterocycles. The van der Waals surface area contributed by atoms with Gasteiger partial charge < -0.3 is 27.9 Å². The molecule has 0 aromatic carbocycles. The van der Waals surface area contributed by atoms with Crippen molar-refractivity contribution in [3.8, 4) is 0 Å². The molecule has 7 nitrogen and oxygen atoms in total. The van der Waals surface area contributed by atoms with Crippen LogP contribution in [0.1, 0.15) is 96.8 Å². The molecule has 1 aliphatic rings. The first-order valence-corrected chi connectivity index (χ1v) is 26.8. The third-order valence-corrected chi connectivity index (χ3v) is 9.91. The van der Waals surface area contributed by atoms with Crippen molar-refractivity contribution < 1.29 is 32.7 Å². The third-order valence-electron chi connectivity index (χ3n) is 6.97. The number of esters is 1. The van der Waals surface area contributed by atoms with Crippen LogP contribution in [0.3, 0.4) is 0 Å². The Kier molecular flexibility index (Phi) is 18.4. The van der Waals surface area contributed by atoms with Gasteiger partial charge in [-0.1, -0.05) is 84.0 Å². The van der Waals surface area contributed by atoms with Crippen molar-refractivity contribution in [1.82, 2.24) is 0 Å². The summed E-state index contributed by atoms with van der Waals surface area (Å²) in [5.74, 6) is -0.221. The number of unbranched alkanes of at least 4 members (excludes halogenated alkanes) is 12. The molecule has 244 valence electrons. The number of carbonyl (C=O) groups is 1. The second-order valence-corrected chi connectivity index (χ2v) is 28.2. The first-order valence-electron chi connectivity index (χ1n) is 16.5. The highest BCUT2D eigenvalue weighted by atomic mass is 28.4. The number of aliphatic hydroxyl groups excluding tert-OH is 1. The monoisotopic (exact) mass is 634 g/mol. The molecule has 1 N–H and O–H groups in total. The molecule has 0 bridgehead atoms. The molecular formula is C31H66O7Si3. The van der Waals surface area contributed by atoms with Gasteiger partial charge in [0.1, 0.15) is 31.0 Å². The SMILES string of the molecule is CCCCCCCCCCCCCCCC(=O)OCC1OC(O)C(O[Si](C)(C)C)C(O[Si](C)(C)C)C1O[Si](C)(C)C. The van der Waals surface area contributed by atoms with E-state index in [4.69, 9.17) is 22.8 Å². The van der Waals surface area contributed by atoms with Crippen LogP contribution in [0, 0.1) is 0 Å². The second-order valence-electron chi connectivity index (χ2n) is 14.8. The summed E-state index contributed by atoms with van der Waals surface area (Å²) in [6.07, 6.45) is 13.5. The molecule has 1 saturated heterocycles. The minimum Gasteiger partial charge on any atom is -0.463 e. The predicted octanol–water partition coefficient (Wildman–Crippen LogP) is 8.39. The van der Waals surface area contributed by atoms with E-state index in [9.17, 15) is 9.90 Å². The highest BCUT2D eigenvalue weighted by Crippen LogP contribution is 2.33. The van der Waals surface area contributed by atoms with Crippen LogP contribution in [0.25, 0.3) is 0 Å². The first kappa shape index (κ1) is 38.9. The van der Waals surface area contributed by atoms with Gasteiger partial charge in [0.2, 0.25) is 0 Å². The molecule has 0 aromatic rings. The summed E-state index contributed by atoms with van der Waals surface area (Å²) >= 11 is 0. The van der Waals surface area contributed by atoms with Gasteiger partial charge in [0.25, 0.3) is 0 Å². The Labute approximate surface area is 256 Å². The minimum atomic E-state index is -2.03. The van der Waals surface area contributed by atoms with Gasteiger partial charge in [0, 0.05) is 6.42 Å². The molecule has 1 heterocycles. The van der Waals surface area contributed by atoms with Crippen LogP contribution in [0.5, 0.6) is 0 Å². The van der Waals surface area contributed by atoms with E-state index < -0.39 is 55.7 Å². The predicted molar refractivity (Wildman–Crippen MR) is 177 cm³/mol. The summed E-state index contributed by atoms with van der Waals surface area (Å²) in [7, 11) is -6.09. The van der Waals surface area contributed by atoms with Gasteiger partial charge in [-0.3, -0.25) is 4.79 Å². The van der Waals surface area contributed by atoms with Gasteiger partial charge in [0.05, 0.1) is 0 Å². The number of aliphatic hydroxyl groups is 1. The Morgan fingerprint density at radius 1 is 0.610 bits per heavy atom. The van der Waals surface area contributed by atoms with E-state index in [0.717, 1.165) is 12.8 Å². The van der Waals surface area contributed by atoms with Gasteiger partial charge in [-0.2, -0.15) is 0 Å². The van der Waals surface area contributed by atoms with Crippen molar-refractivity contribution in [1.29, 1.82) is 0 Å². The maximum Gasteiger partial charge on any atom is 0.305 e. The van der Waals surface area contributed by atoms with Gasteiger partial charge >= 0.3 is 5.97 Å². The summed E-state index contributed by atoms with van der Waals surface area (Å²) in [5.41, 5.74) is 0. The van der Waals surface area contributed by atoms with Crippen molar-refractivity contribution >= 4 is 30.9 Å². The van der Waals surface area contributed by atoms with Crippen molar-refractivity contribution in [2.24, 2.45) is 0 Å². The Hall–Kier alpha value is -0.0794. The summed E-state index contributed by atoms with van der Waals surface area (Å²) in [4.78, 5) is 12.6. The smallest absolute Gasteiger partial charge is 0.305 e. The van der Waals surface area contributed by atoms with Gasteiger partial charge in [-0.25, -0.2) is 0 Å². The standard InChI is InChI=1S/C31H66O7Si3/c1-11-12-13-14-15-16-17-18-19-20-21-22-23-24-27(32)34-25-26-28(36-39(2,3)4)29(37-40(5,6)7)30(31(33)35-26)38-41(8,9)10/h26,28-31,33H,11-25H2,1-10H3. The van der Waals surface area contributed by atoms with E-state index in [0.29, 0.717) is 6.42 Å². The first-order chi connectivity index (χ1) is 19.0. The molecule has 1 rings (SSSR count). The number of carbonyl (C=O) groups excluding carboxylic acids is 1. The summed E-state index contributed by atoms with van der Waals surface area (Å²) < 4.78 is 31.3. The molecule has 0 amide bonds. The summed E-state index contributed by atoms with van der Waals surface area (Å²) in [6, 6.07) is 0. The molecule has 0 saturated carbocycles. The average Bonchev–Trinajstić information content (AvgIpc) is 2.82. The number of hydrogen-bond acceptors (Lipinski definition) is 7. The van der Waals surface area contributed by atoms with Crippen LogP contribution in [0.2, 0.25) is 58.9 Å². The second kappa shape index (κ2) is 19.3. The fraction of sp³-hybridized carbons (Fsp3) is 0.968. The van der Waals surface area contributed by atoms with Crippen molar-refractivity contribution in [3.05, 3.63) is 0 Å². The van der Waals surface area contributed by atoms with Crippen molar-refractivity contribution in [2.75, 3.05) is 6.61 Å². The quantitative estimate of drug-likeness (QED) is 0.0727. The molecular weight excluding hydrogens is 569 g/mol. The van der Waals surface area contributed by atoms with Crippen molar-refractivity contribution in [3.63, 3.8) is 0 Å². The largest absolute Gasteiger partial charge is 0.463 e. The normalized spacial score (nSPS) is 24.0. The highest BCUT2D eigenvalue weighted by Gasteiger charge is 2.51. The topological polar surface area (TPSA) is 83.5 Å². The summed E-state index contributed by atoms with van der Waals surface area (Å²) in [5, 5.41) is 11.0. The zero-order chi connectivity index (χ0) is 31.1. The van der Waals surface area contributed by atoms with Gasteiger partial charge in [-0.05, 0) is 65.3 Å². The van der Waals surface area contributed by atoms with Crippen LogP contribution in [0.4, 0.5) is 0 Å². The molecule has 5 atom stereocenters.